The molecule has 1 heterocycles. The highest BCUT2D eigenvalue weighted by atomic mass is 16.7. The van der Waals surface area contributed by atoms with E-state index in [1.807, 2.05) is 13.8 Å². The molecule has 4 nitrogen and oxygen atoms in total. The lowest BCUT2D eigenvalue weighted by atomic mass is 10.0. The molecule has 1 fully saturated rings. The van der Waals surface area contributed by atoms with Crippen LogP contribution in [0.3, 0.4) is 0 Å². The van der Waals surface area contributed by atoms with Gasteiger partial charge in [0.25, 0.3) is 0 Å². The normalized spacial score (nSPS) is 27.6. The van der Waals surface area contributed by atoms with E-state index in [1.165, 1.54) is 19.8 Å². The number of hydrogen-bond acceptors (Lipinski definition) is 4. The van der Waals surface area contributed by atoms with E-state index >= 15 is 0 Å². The highest BCUT2D eigenvalue weighted by Crippen LogP contribution is 2.24. The number of unbranched alkanes of at least 4 members (excludes halogenated alkanes) is 1. The van der Waals surface area contributed by atoms with Crippen molar-refractivity contribution in [2.45, 2.75) is 59.4 Å². The van der Waals surface area contributed by atoms with Gasteiger partial charge >= 0.3 is 5.97 Å². The van der Waals surface area contributed by atoms with Gasteiger partial charge in [-0.1, -0.05) is 26.7 Å². The van der Waals surface area contributed by atoms with Gasteiger partial charge in [0.1, 0.15) is 6.10 Å². The van der Waals surface area contributed by atoms with Crippen molar-refractivity contribution in [3.8, 4) is 0 Å². The van der Waals surface area contributed by atoms with Gasteiger partial charge in [-0.05, 0) is 13.3 Å². The van der Waals surface area contributed by atoms with Crippen LogP contribution in [0.15, 0.2) is 0 Å². The molecule has 2 unspecified atom stereocenters. The Morgan fingerprint density at radius 3 is 2.44 bits per heavy atom. The van der Waals surface area contributed by atoms with Crippen LogP contribution in [0.1, 0.15) is 47.0 Å². The molecule has 0 amide bonds. The molecule has 0 aromatic rings. The lowest BCUT2D eigenvalue weighted by molar-refractivity contribution is -0.236. The maximum absolute atomic E-state index is 10.9. The van der Waals surface area contributed by atoms with E-state index in [2.05, 4.69) is 6.92 Å². The summed E-state index contributed by atoms with van der Waals surface area (Å²) >= 11 is 0. The van der Waals surface area contributed by atoms with E-state index in [0.29, 0.717) is 5.92 Å². The first-order valence-corrected chi connectivity index (χ1v) is 6.95. The fourth-order valence-electron chi connectivity index (χ4n) is 2.11. The molecule has 0 bridgehead atoms. The molecule has 0 saturated carbocycles. The van der Waals surface area contributed by atoms with Crippen molar-refractivity contribution >= 4 is 5.97 Å². The maximum Gasteiger partial charge on any atom is 0.302 e. The van der Waals surface area contributed by atoms with Crippen molar-refractivity contribution in [2.24, 2.45) is 11.8 Å². The number of ether oxygens (including phenoxy) is 3. The van der Waals surface area contributed by atoms with Crippen LogP contribution in [0.4, 0.5) is 0 Å². The van der Waals surface area contributed by atoms with Gasteiger partial charge in [-0.2, -0.15) is 0 Å². The second kappa shape index (κ2) is 7.74. The predicted octanol–water partition coefficient (Wildman–Crippen LogP) is 2.75. The van der Waals surface area contributed by atoms with E-state index < -0.39 is 0 Å². The molecule has 0 aromatic carbocycles. The summed E-state index contributed by atoms with van der Waals surface area (Å²) in [5.74, 6) is 0.310. The van der Waals surface area contributed by atoms with Crippen LogP contribution < -0.4 is 0 Å². The van der Waals surface area contributed by atoms with Crippen molar-refractivity contribution in [3.63, 3.8) is 0 Å². The van der Waals surface area contributed by atoms with Crippen LogP contribution in [0.25, 0.3) is 0 Å². The number of hydrogen-bond donors (Lipinski definition) is 0. The van der Waals surface area contributed by atoms with Gasteiger partial charge in [0.15, 0.2) is 6.29 Å². The first-order valence-electron chi connectivity index (χ1n) is 6.95. The predicted molar refractivity (Wildman–Crippen MR) is 69.1 cm³/mol. The van der Waals surface area contributed by atoms with Crippen molar-refractivity contribution in [1.82, 2.24) is 0 Å². The second-order valence-electron chi connectivity index (χ2n) is 5.22. The number of rotatable bonds is 6. The molecule has 0 aliphatic carbocycles. The zero-order valence-electron chi connectivity index (χ0n) is 12.0. The minimum absolute atomic E-state index is 0.0565. The minimum atomic E-state index is -0.258. The molecular formula is C14H26O4. The third kappa shape index (κ3) is 4.94. The minimum Gasteiger partial charge on any atom is -0.462 e. The van der Waals surface area contributed by atoms with Crippen LogP contribution in [-0.4, -0.2) is 31.6 Å². The van der Waals surface area contributed by atoms with Crippen LogP contribution in [0.2, 0.25) is 0 Å². The lowest BCUT2D eigenvalue weighted by Gasteiger charge is -2.34. The number of carbonyl (C=O) groups is 1. The molecule has 0 N–H and O–H groups in total. The third-order valence-corrected chi connectivity index (χ3v) is 3.48. The molecule has 1 aliphatic heterocycles. The largest absolute Gasteiger partial charge is 0.462 e. The summed E-state index contributed by atoms with van der Waals surface area (Å²) in [6.45, 7) is 8.99. The van der Waals surface area contributed by atoms with E-state index in [-0.39, 0.29) is 24.3 Å². The quantitative estimate of drug-likeness (QED) is 0.687. The van der Waals surface area contributed by atoms with Crippen LogP contribution in [-0.2, 0) is 19.0 Å². The van der Waals surface area contributed by atoms with E-state index in [4.69, 9.17) is 14.2 Å². The molecule has 1 aliphatic rings. The second-order valence-corrected chi connectivity index (χ2v) is 5.22. The Labute approximate surface area is 110 Å². The summed E-state index contributed by atoms with van der Waals surface area (Å²) < 4.78 is 16.6. The smallest absolute Gasteiger partial charge is 0.302 e. The van der Waals surface area contributed by atoms with Gasteiger partial charge in [0, 0.05) is 18.8 Å². The summed E-state index contributed by atoms with van der Waals surface area (Å²) in [7, 11) is 0. The van der Waals surface area contributed by atoms with Gasteiger partial charge in [0.2, 0.25) is 0 Å². The van der Waals surface area contributed by atoms with E-state index in [1.54, 1.807) is 0 Å². The molecule has 18 heavy (non-hydrogen) atoms. The Hall–Kier alpha value is -0.610. The fourth-order valence-corrected chi connectivity index (χ4v) is 2.11. The summed E-state index contributed by atoms with van der Waals surface area (Å²) in [5, 5.41) is 0. The fraction of sp³-hybridized carbons (Fsp3) is 0.929. The van der Waals surface area contributed by atoms with Gasteiger partial charge < -0.3 is 14.2 Å². The molecule has 106 valence electrons. The summed E-state index contributed by atoms with van der Waals surface area (Å²) in [6.07, 6.45) is 3.16. The zero-order valence-corrected chi connectivity index (χ0v) is 12.0. The van der Waals surface area contributed by atoms with Crippen molar-refractivity contribution in [1.29, 1.82) is 0 Å². The molecule has 0 spiro atoms. The van der Waals surface area contributed by atoms with Gasteiger partial charge in [-0.15, -0.1) is 0 Å². The van der Waals surface area contributed by atoms with Gasteiger partial charge in [-0.3, -0.25) is 4.79 Å². The Morgan fingerprint density at radius 1 is 1.33 bits per heavy atom. The van der Waals surface area contributed by atoms with Crippen LogP contribution in [0, 0.1) is 11.8 Å². The summed E-state index contributed by atoms with van der Waals surface area (Å²) in [6, 6.07) is 0. The number of esters is 1. The molecule has 0 aromatic heterocycles. The first kappa shape index (κ1) is 15.4. The van der Waals surface area contributed by atoms with Crippen molar-refractivity contribution in [3.05, 3.63) is 0 Å². The Balaban J connectivity index is 2.30. The Morgan fingerprint density at radius 2 is 1.94 bits per heavy atom. The first-order chi connectivity index (χ1) is 8.54. The van der Waals surface area contributed by atoms with Crippen molar-refractivity contribution < 1.29 is 19.0 Å². The molecule has 0 radical (unpaired) electrons. The topological polar surface area (TPSA) is 44.8 Å². The van der Waals surface area contributed by atoms with Crippen molar-refractivity contribution in [2.75, 3.05) is 13.2 Å². The molecular weight excluding hydrogens is 232 g/mol. The zero-order chi connectivity index (χ0) is 13.5. The van der Waals surface area contributed by atoms with Gasteiger partial charge in [-0.25, -0.2) is 0 Å². The van der Waals surface area contributed by atoms with Gasteiger partial charge in [0.05, 0.1) is 13.2 Å². The molecule has 4 heteroatoms. The third-order valence-electron chi connectivity index (χ3n) is 3.48. The molecule has 2 atom stereocenters. The van der Waals surface area contributed by atoms with E-state index in [9.17, 15) is 4.79 Å². The number of carbonyl (C=O) groups excluding carboxylic acids is 1. The average Bonchev–Trinajstić information content (AvgIpc) is 2.35. The standard InChI is InChI=1S/C14H26O4/c1-5-6-7-13-8-16-14(17-9-13)10(2)11(3)18-12(4)15/h10-11,13-14H,5-9H2,1-4H3. The average molecular weight is 258 g/mol. The highest BCUT2D eigenvalue weighted by Gasteiger charge is 2.30. The summed E-state index contributed by atoms with van der Waals surface area (Å²) in [4.78, 5) is 10.9. The maximum atomic E-state index is 10.9. The SMILES string of the molecule is CCCCC1COC(C(C)C(C)OC(C)=O)OC1. The highest BCUT2D eigenvalue weighted by molar-refractivity contribution is 5.66. The summed E-state index contributed by atoms with van der Waals surface area (Å²) in [5.41, 5.74) is 0. The lowest BCUT2D eigenvalue weighted by Crippen LogP contribution is -2.40. The Kier molecular flexibility index (Phi) is 6.65. The molecule has 1 saturated heterocycles. The van der Waals surface area contributed by atoms with Crippen LogP contribution in [0.5, 0.6) is 0 Å². The molecule has 1 rings (SSSR count). The van der Waals surface area contributed by atoms with E-state index in [0.717, 1.165) is 19.6 Å². The monoisotopic (exact) mass is 258 g/mol. The van der Waals surface area contributed by atoms with Crippen LogP contribution >= 0.6 is 0 Å². The Bertz CT molecular complexity index is 246.